The monoisotopic (exact) mass is 241 g/mol. The zero-order chi connectivity index (χ0) is 12.3. The zero-order valence-corrected chi connectivity index (χ0v) is 10.4. The first-order valence-corrected chi connectivity index (χ1v) is 5.51. The number of hydrogen-bond donors (Lipinski definition) is 2. The predicted molar refractivity (Wildman–Crippen MR) is 66.0 cm³/mol. The Morgan fingerprint density at radius 3 is 2.25 bits per heavy atom. The highest BCUT2D eigenvalue weighted by molar-refractivity contribution is 6.30. The maximum atomic E-state index is 11.2. The van der Waals surface area contributed by atoms with Gasteiger partial charge in [-0.15, -0.1) is 0 Å². The second-order valence-corrected chi connectivity index (χ2v) is 4.73. The van der Waals surface area contributed by atoms with Crippen molar-refractivity contribution >= 4 is 23.3 Å². The van der Waals surface area contributed by atoms with Crippen LogP contribution in [0, 0.1) is 5.92 Å². The van der Waals surface area contributed by atoms with Crippen molar-refractivity contribution in [2.75, 3.05) is 5.32 Å². The molecule has 0 aliphatic heterocycles. The van der Waals surface area contributed by atoms with Gasteiger partial charge in [0.25, 0.3) is 0 Å². The average Bonchev–Trinajstić information content (AvgIpc) is 2.20. The summed E-state index contributed by atoms with van der Waals surface area (Å²) in [7, 11) is 0. The van der Waals surface area contributed by atoms with Crippen molar-refractivity contribution in [1.29, 1.82) is 0 Å². The molecule has 0 aromatic heterocycles. The molecule has 3 nitrogen and oxygen atoms in total. The SMILES string of the molecule is CC(C)C(C)(Nc1ccc(Cl)cc1)C(=O)O. The molecule has 1 aromatic carbocycles. The smallest absolute Gasteiger partial charge is 0.329 e. The standard InChI is InChI=1S/C12H16ClNO2/c1-8(2)12(3,11(15)16)14-10-6-4-9(13)5-7-10/h4-8,14H,1-3H3,(H,15,16). The fourth-order valence-electron chi connectivity index (χ4n) is 1.28. The molecule has 16 heavy (non-hydrogen) atoms. The highest BCUT2D eigenvalue weighted by atomic mass is 35.5. The number of hydrogen-bond acceptors (Lipinski definition) is 2. The van der Waals surface area contributed by atoms with Crippen LogP contribution in [0.2, 0.25) is 5.02 Å². The van der Waals surface area contributed by atoms with Crippen LogP contribution in [0.3, 0.4) is 0 Å². The van der Waals surface area contributed by atoms with Crippen molar-refractivity contribution in [3.8, 4) is 0 Å². The Hall–Kier alpha value is -1.22. The molecule has 2 N–H and O–H groups in total. The fourth-order valence-corrected chi connectivity index (χ4v) is 1.40. The lowest BCUT2D eigenvalue weighted by atomic mass is 9.88. The second kappa shape index (κ2) is 4.74. The maximum Gasteiger partial charge on any atom is 0.329 e. The predicted octanol–water partition coefficient (Wildman–Crippen LogP) is 3.25. The first kappa shape index (κ1) is 12.8. The molecule has 0 amide bonds. The van der Waals surface area contributed by atoms with Crippen LogP contribution in [0.15, 0.2) is 24.3 Å². The van der Waals surface area contributed by atoms with Crippen molar-refractivity contribution in [1.82, 2.24) is 0 Å². The van der Waals surface area contributed by atoms with Gasteiger partial charge in [-0.1, -0.05) is 25.4 Å². The van der Waals surface area contributed by atoms with Crippen LogP contribution in [0.4, 0.5) is 5.69 Å². The molecule has 1 atom stereocenters. The van der Waals surface area contributed by atoms with E-state index in [0.29, 0.717) is 5.02 Å². The fraction of sp³-hybridized carbons (Fsp3) is 0.417. The summed E-state index contributed by atoms with van der Waals surface area (Å²) < 4.78 is 0. The van der Waals surface area contributed by atoms with Gasteiger partial charge in [0.1, 0.15) is 5.54 Å². The molecule has 0 radical (unpaired) electrons. The van der Waals surface area contributed by atoms with Gasteiger partial charge in [-0.25, -0.2) is 4.79 Å². The van der Waals surface area contributed by atoms with Crippen LogP contribution in [0.5, 0.6) is 0 Å². The third-order valence-electron chi connectivity index (χ3n) is 2.85. The summed E-state index contributed by atoms with van der Waals surface area (Å²) in [6.45, 7) is 5.42. The number of carboxylic acid groups (broad SMARTS) is 1. The summed E-state index contributed by atoms with van der Waals surface area (Å²) in [6.07, 6.45) is 0. The first-order chi connectivity index (χ1) is 7.36. The third-order valence-corrected chi connectivity index (χ3v) is 3.10. The summed E-state index contributed by atoms with van der Waals surface area (Å²) in [5.41, 5.74) is -0.226. The number of aliphatic carboxylic acids is 1. The number of halogens is 1. The summed E-state index contributed by atoms with van der Waals surface area (Å²) in [5, 5.41) is 12.9. The maximum absolute atomic E-state index is 11.2. The first-order valence-electron chi connectivity index (χ1n) is 5.13. The molecule has 88 valence electrons. The lowest BCUT2D eigenvalue weighted by molar-refractivity contribution is -0.143. The van der Waals surface area contributed by atoms with Crippen molar-refractivity contribution in [2.24, 2.45) is 5.92 Å². The summed E-state index contributed by atoms with van der Waals surface area (Å²) in [6, 6.07) is 7.00. The molecule has 0 spiro atoms. The Morgan fingerprint density at radius 2 is 1.88 bits per heavy atom. The molecular formula is C12H16ClNO2. The van der Waals surface area contributed by atoms with Crippen LogP contribution in [0.1, 0.15) is 20.8 Å². The van der Waals surface area contributed by atoms with Gasteiger partial charge in [-0.3, -0.25) is 0 Å². The molecule has 0 bridgehead atoms. The van der Waals surface area contributed by atoms with Crippen molar-refractivity contribution in [3.05, 3.63) is 29.3 Å². The van der Waals surface area contributed by atoms with E-state index < -0.39 is 11.5 Å². The van der Waals surface area contributed by atoms with Gasteiger partial charge in [0, 0.05) is 10.7 Å². The Kier molecular flexibility index (Phi) is 3.81. The Labute approximate surface area is 100 Å². The molecule has 1 aromatic rings. The Bertz CT molecular complexity index is 375. The highest BCUT2D eigenvalue weighted by Crippen LogP contribution is 2.24. The largest absolute Gasteiger partial charge is 0.480 e. The number of benzene rings is 1. The molecule has 0 saturated heterocycles. The van der Waals surface area contributed by atoms with E-state index in [9.17, 15) is 9.90 Å². The third kappa shape index (κ3) is 2.67. The van der Waals surface area contributed by atoms with E-state index in [4.69, 9.17) is 11.6 Å². The quantitative estimate of drug-likeness (QED) is 0.851. The topological polar surface area (TPSA) is 49.3 Å². The molecule has 0 aliphatic carbocycles. The highest BCUT2D eigenvalue weighted by Gasteiger charge is 2.36. The molecule has 0 heterocycles. The van der Waals surface area contributed by atoms with E-state index in [-0.39, 0.29) is 5.92 Å². The van der Waals surface area contributed by atoms with Gasteiger partial charge < -0.3 is 10.4 Å². The number of carboxylic acids is 1. The Morgan fingerprint density at radius 1 is 1.38 bits per heavy atom. The lowest BCUT2D eigenvalue weighted by Gasteiger charge is -2.31. The van der Waals surface area contributed by atoms with E-state index in [1.165, 1.54) is 0 Å². The Balaban J connectivity index is 2.93. The van der Waals surface area contributed by atoms with Crippen LogP contribution in [-0.2, 0) is 4.79 Å². The molecule has 0 fully saturated rings. The minimum atomic E-state index is -0.978. The van der Waals surface area contributed by atoms with E-state index in [1.807, 2.05) is 13.8 Å². The minimum Gasteiger partial charge on any atom is -0.480 e. The molecule has 4 heteroatoms. The zero-order valence-electron chi connectivity index (χ0n) is 9.62. The van der Waals surface area contributed by atoms with Gasteiger partial charge in [-0.05, 0) is 37.1 Å². The summed E-state index contributed by atoms with van der Waals surface area (Å²) in [5.74, 6) is -0.891. The van der Waals surface area contributed by atoms with E-state index in [0.717, 1.165) is 5.69 Å². The van der Waals surface area contributed by atoms with Gasteiger partial charge >= 0.3 is 5.97 Å². The van der Waals surface area contributed by atoms with Gasteiger partial charge in [0.2, 0.25) is 0 Å². The van der Waals surface area contributed by atoms with Crippen molar-refractivity contribution < 1.29 is 9.90 Å². The van der Waals surface area contributed by atoms with Gasteiger partial charge in [0.05, 0.1) is 0 Å². The normalized spacial score (nSPS) is 14.6. The molecule has 1 unspecified atom stereocenters. The van der Waals surface area contributed by atoms with Gasteiger partial charge in [-0.2, -0.15) is 0 Å². The van der Waals surface area contributed by atoms with Crippen molar-refractivity contribution in [3.63, 3.8) is 0 Å². The van der Waals surface area contributed by atoms with E-state index >= 15 is 0 Å². The summed E-state index contributed by atoms with van der Waals surface area (Å²) in [4.78, 5) is 11.2. The number of anilines is 1. The lowest BCUT2D eigenvalue weighted by Crippen LogP contribution is -2.48. The molecular weight excluding hydrogens is 226 g/mol. The molecule has 0 aliphatic rings. The number of nitrogens with one attached hydrogen (secondary N) is 1. The van der Waals surface area contributed by atoms with Crippen LogP contribution >= 0.6 is 11.6 Å². The van der Waals surface area contributed by atoms with Crippen molar-refractivity contribution in [2.45, 2.75) is 26.3 Å². The average molecular weight is 242 g/mol. The number of rotatable bonds is 4. The summed E-state index contributed by atoms with van der Waals surface area (Å²) >= 11 is 5.76. The molecule has 0 saturated carbocycles. The van der Waals surface area contributed by atoms with E-state index in [2.05, 4.69) is 5.32 Å². The van der Waals surface area contributed by atoms with Crippen LogP contribution < -0.4 is 5.32 Å². The molecule has 1 rings (SSSR count). The van der Waals surface area contributed by atoms with Gasteiger partial charge in [0.15, 0.2) is 0 Å². The second-order valence-electron chi connectivity index (χ2n) is 4.29. The minimum absolute atomic E-state index is 0.0271. The number of carbonyl (C=O) groups is 1. The van der Waals surface area contributed by atoms with Crippen LogP contribution in [-0.4, -0.2) is 16.6 Å². The van der Waals surface area contributed by atoms with E-state index in [1.54, 1.807) is 31.2 Å². The van der Waals surface area contributed by atoms with Crippen LogP contribution in [0.25, 0.3) is 0 Å².